The van der Waals surface area contributed by atoms with Crippen molar-refractivity contribution < 1.29 is 15.0 Å². The Hall–Kier alpha value is -0.610. The van der Waals surface area contributed by atoms with Gasteiger partial charge in [-0.1, -0.05) is 6.92 Å². The maximum absolute atomic E-state index is 11.0. The molecule has 4 heteroatoms. The molecule has 1 fully saturated rings. The van der Waals surface area contributed by atoms with E-state index in [1.54, 1.807) is 6.92 Å². The number of hydrogen-bond acceptors (Lipinski definition) is 3. The van der Waals surface area contributed by atoms with E-state index in [1.807, 2.05) is 11.8 Å². The Kier molecular flexibility index (Phi) is 3.89. The Morgan fingerprint density at radius 3 is 2.21 bits per heavy atom. The van der Waals surface area contributed by atoms with Crippen molar-refractivity contribution in [3.8, 4) is 0 Å². The lowest BCUT2D eigenvalue weighted by molar-refractivity contribution is -0.132. The van der Waals surface area contributed by atoms with E-state index in [9.17, 15) is 4.79 Å². The molecule has 4 nitrogen and oxygen atoms in total. The fourth-order valence-electron chi connectivity index (χ4n) is 1.98. The van der Waals surface area contributed by atoms with Crippen LogP contribution in [-0.2, 0) is 4.79 Å². The highest BCUT2D eigenvalue weighted by Gasteiger charge is 2.27. The Morgan fingerprint density at radius 1 is 1.36 bits per heavy atom. The first kappa shape index (κ1) is 11.5. The molecule has 1 saturated heterocycles. The molecule has 1 unspecified atom stereocenters. The first-order chi connectivity index (χ1) is 6.52. The predicted molar refractivity (Wildman–Crippen MR) is 52.4 cm³/mol. The number of piperidine rings is 1. The van der Waals surface area contributed by atoms with E-state index >= 15 is 0 Å². The molecule has 1 aliphatic rings. The molecule has 0 bridgehead atoms. The number of aliphatic hydroxyl groups excluding tert-OH is 1. The Labute approximate surface area is 84.5 Å². The lowest BCUT2D eigenvalue weighted by atomic mass is 9.85. The lowest BCUT2D eigenvalue weighted by Crippen LogP contribution is -2.40. The molecule has 1 amide bonds. The number of likely N-dealkylation sites (tertiary alicyclic amines) is 1. The smallest absolute Gasteiger partial charge is 0.219 e. The third-order valence-electron chi connectivity index (χ3n) is 3.20. The van der Waals surface area contributed by atoms with Crippen LogP contribution in [0, 0.1) is 11.8 Å². The highest BCUT2D eigenvalue weighted by atomic mass is 16.5. The van der Waals surface area contributed by atoms with Crippen LogP contribution >= 0.6 is 0 Å². The van der Waals surface area contributed by atoms with E-state index in [1.165, 1.54) is 0 Å². The summed E-state index contributed by atoms with van der Waals surface area (Å²) in [5.74, 6) is 0.343. The van der Waals surface area contributed by atoms with Crippen LogP contribution in [0.25, 0.3) is 0 Å². The summed E-state index contributed by atoms with van der Waals surface area (Å²) in [4.78, 5) is 12.8. The molecular weight excluding hydrogens is 182 g/mol. The van der Waals surface area contributed by atoms with Gasteiger partial charge < -0.3 is 15.1 Å². The summed E-state index contributed by atoms with van der Waals surface area (Å²) in [7, 11) is 0. The van der Waals surface area contributed by atoms with Gasteiger partial charge in [-0.3, -0.25) is 4.79 Å². The highest BCUT2D eigenvalue weighted by molar-refractivity contribution is 5.73. The zero-order valence-corrected chi connectivity index (χ0v) is 8.81. The molecule has 2 N–H and O–H groups in total. The van der Waals surface area contributed by atoms with Gasteiger partial charge in [-0.25, -0.2) is 0 Å². The minimum atomic E-state index is -1.23. The van der Waals surface area contributed by atoms with Crippen LogP contribution in [0.1, 0.15) is 26.7 Å². The molecule has 1 aliphatic heterocycles. The van der Waals surface area contributed by atoms with E-state index < -0.39 is 6.29 Å². The molecule has 1 atom stereocenters. The monoisotopic (exact) mass is 201 g/mol. The number of aliphatic hydroxyl groups is 2. The maximum Gasteiger partial charge on any atom is 0.219 e. The van der Waals surface area contributed by atoms with Gasteiger partial charge in [0.15, 0.2) is 6.29 Å². The van der Waals surface area contributed by atoms with Crippen LogP contribution < -0.4 is 0 Å². The molecule has 82 valence electrons. The predicted octanol–water partition coefficient (Wildman–Crippen LogP) is 0.192. The van der Waals surface area contributed by atoms with Gasteiger partial charge in [0.05, 0.1) is 0 Å². The van der Waals surface area contributed by atoms with E-state index in [-0.39, 0.29) is 11.8 Å². The number of hydrogen-bond donors (Lipinski definition) is 2. The molecule has 0 spiro atoms. The molecule has 0 aliphatic carbocycles. The van der Waals surface area contributed by atoms with Crippen molar-refractivity contribution >= 4 is 5.91 Å². The van der Waals surface area contributed by atoms with E-state index in [4.69, 9.17) is 10.2 Å². The Balaban J connectivity index is 2.39. The molecule has 0 aromatic heterocycles. The average molecular weight is 201 g/mol. The topological polar surface area (TPSA) is 60.8 Å². The molecule has 0 saturated carbocycles. The van der Waals surface area contributed by atoms with Gasteiger partial charge >= 0.3 is 0 Å². The van der Waals surface area contributed by atoms with Crippen LogP contribution in [0.4, 0.5) is 0 Å². The van der Waals surface area contributed by atoms with Crippen LogP contribution in [0.2, 0.25) is 0 Å². The van der Waals surface area contributed by atoms with Gasteiger partial charge in [0, 0.05) is 25.9 Å². The molecular formula is C10H19NO3. The van der Waals surface area contributed by atoms with E-state index in [0.29, 0.717) is 5.92 Å². The second-order valence-electron chi connectivity index (χ2n) is 4.12. The normalized spacial score (nSPS) is 21.4. The molecule has 0 aromatic carbocycles. The van der Waals surface area contributed by atoms with Crippen molar-refractivity contribution in [2.24, 2.45) is 11.8 Å². The third-order valence-corrected chi connectivity index (χ3v) is 3.20. The molecule has 1 heterocycles. The summed E-state index contributed by atoms with van der Waals surface area (Å²) >= 11 is 0. The zero-order valence-electron chi connectivity index (χ0n) is 8.81. The summed E-state index contributed by atoms with van der Waals surface area (Å²) in [5, 5.41) is 18.0. The van der Waals surface area contributed by atoms with E-state index in [2.05, 4.69) is 0 Å². The Bertz CT molecular complexity index is 198. The van der Waals surface area contributed by atoms with Crippen molar-refractivity contribution in [2.45, 2.75) is 33.0 Å². The molecule has 14 heavy (non-hydrogen) atoms. The molecule has 0 aromatic rings. The van der Waals surface area contributed by atoms with Gasteiger partial charge in [0.1, 0.15) is 0 Å². The zero-order chi connectivity index (χ0) is 10.7. The second kappa shape index (κ2) is 4.75. The van der Waals surface area contributed by atoms with Gasteiger partial charge in [-0.05, 0) is 18.8 Å². The maximum atomic E-state index is 11.0. The molecule has 0 radical (unpaired) electrons. The summed E-state index contributed by atoms with van der Waals surface area (Å²) in [6.45, 7) is 4.91. The summed E-state index contributed by atoms with van der Waals surface area (Å²) in [5.41, 5.74) is 0. The fourth-order valence-corrected chi connectivity index (χ4v) is 1.98. The van der Waals surface area contributed by atoms with Gasteiger partial charge in [0.2, 0.25) is 5.91 Å². The highest BCUT2D eigenvalue weighted by Crippen LogP contribution is 2.26. The van der Waals surface area contributed by atoms with Crippen LogP contribution in [-0.4, -0.2) is 40.4 Å². The Morgan fingerprint density at radius 2 is 1.86 bits per heavy atom. The minimum absolute atomic E-state index is 0.0934. The van der Waals surface area contributed by atoms with Crippen molar-refractivity contribution in [3.05, 3.63) is 0 Å². The third kappa shape index (κ3) is 2.69. The van der Waals surface area contributed by atoms with Crippen molar-refractivity contribution in [1.82, 2.24) is 4.90 Å². The number of rotatable bonds is 2. The van der Waals surface area contributed by atoms with Crippen molar-refractivity contribution in [1.29, 1.82) is 0 Å². The average Bonchev–Trinajstić information content (AvgIpc) is 2.16. The van der Waals surface area contributed by atoms with Crippen LogP contribution in [0.3, 0.4) is 0 Å². The van der Waals surface area contributed by atoms with Crippen LogP contribution in [0.15, 0.2) is 0 Å². The SMILES string of the molecule is CC(=O)N1CCC(C(C)C(O)O)CC1. The largest absolute Gasteiger partial charge is 0.368 e. The van der Waals surface area contributed by atoms with Gasteiger partial charge in [0.25, 0.3) is 0 Å². The first-order valence-corrected chi connectivity index (χ1v) is 5.14. The van der Waals surface area contributed by atoms with Gasteiger partial charge in [-0.2, -0.15) is 0 Å². The second-order valence-corrected chi connectivity index (χ2v) is 4.12. The number of nitrogens with zero attached hydrogens (tertiary/aromatic N) is 1. The van der Waals surface area contributed by atoms with Gasteiger partial charge in [-0.15, -0.1) is 0 Å². The number of carbonyl (C=O) groups is 1. The summed E-state index contributed by atoms with van der Waals surface area (Å²) in [6, 6.07) is 0. The standard InChI is InChI=1S/C10H19NO3/c1-7(10(13)14)9-3-5-11(6-4-9)8(2)12/h7,9-10,13-14H,3-6H2,1-2H3. The first-order valence-electron chi connectivity index (χ1n) is 5.14. The summed E-state index contributed by atoms with van der Waals surface area (Å²) < 4.78 is 0. The van der Waals surface area contributed by atoms with Crippen LogP contribution in [0.5, 0.6) is 0 Å². The lowest BCUT2D eigenvalue weighted by Gasteiger charge is -2.34. The number of amides is 1. The minimum Gasteiger partial charge on any atom is -0.368 e. The summed E-state index contributed by atoms with van der Waals surface area (Å²) in [6.07, 6.45) is 0.514. The van der Waals surface area contributed by atoms with Crippen molar-refractivity contribution in [2.75, 3.05) is 13.1 Å². The number of carbonyl (C=O) groups excluding carboxylic acids is 1. The quantitative estimate of drug-likeness (QED) is 0.627. The van der Waals surface area contributed by atoms with Crippen molar-refractivity contribution in [3.63, 3.8) is 0 Å². The molecule has 1 rings (SSSR count). The fraction of sp³-hybridized carbons (Fsp3) is 0.900. The van der Waals surface area contributed by atoms with E-state index in [0.717, 1.165) is 25.9 Å².